The molecule has 0 radical (unpaired) electrons. The second-order valence-electron chi connectivity index (χ2n) is 1.66. The highest BCUT2D eigenvalue weighted by Crippen LogP contribution is 2.14. The van der Waals surface area contributed by atoms with Crippen molar-refractivity contribution in [3.63, 3.8) is 0 Å². The minimum Gasteiger partial charge on any atom is -0.265 e. The summed E-state index contributed by atoms with van der Waals surface area (Å²) in [5.74, 6) is 0.888. The van der Waals surface area contributed by atoms with E-state index in [-0.39, 0.29) is 0 Å². The summed E-state index contributed by atoms with van der Waals surface area (Å²) in [6.45, 7) is 0. The number of nitrogens with zero attached hydrogens (tertiary/aromatic N) is 1. The molecule has 0 saturated heterocycles. The largest absolute Gasteiger partial charge is 0.265 e. The van der Waals surface area contributed by atoms with Crippen molar-refractivity contribution in [2.75, 3.05) is 5.75 Å². The monoisotopic (exact) mass is 169 g/mol. The fourth-order valence-corrected chi connectivity index (χ4v) is 1.34. The van der Waals surface area contributed by atoms with Gasteiger partial charge in [-0.15, -0.1) is 11.8 Å². The van der Waals surface area contributed by atoms with Gasteiger partial charge in [-0.3, -0.25) is 4.98 Å². The van der Waals surface area contributed by atoms with E-state index in [1.807, 2.05) is 12.1 Å². The third kappa shape index (κ3) is 2.45. The summed E-state index contributed by atoms with van der Waals surface area (Å²) in [5, 5.41) is 1.73. The first-order valence-electron chi connectivity index (χ1n) is 2.90. The Morgan fingerprint density at radius 1 is 1.50 bits per heavy atom. The summed E-state index contributed by atoms with van der Waals surface area (Å²) in [6.07, 6.45) is 3.57. The van der Waals surface area contributed by atoms with E-state index in [1.54, 1.807) is 29.5 Å². The van der Waals surface area contributed by atoms with Gasteiger partial charge in [-0.25, -0.2) is 0 Å². The van der Waals surface area contributed by atoms with Gasteiger partial charge in [0.2, 0.25) is 0 Å². The van der Waals surface area contributed by atoms with E-state index in [1.165, 1.54) is 4.90 Å². The van der Waals surface area contributed by atoms with Crippen molar-refractivity contribution < 1.29 is 0 Å². The summed E-state index contributed by atoms with van der Waals surface area (Å²) in [4.78, 5) is 5.12. The summed E-state index contributed by atoms with van der Waals surface area (Å²) >= 11 is 6.41. The Hall–Kier alpha value is -0.410. The zero-order valence-corrected chi connectivity index (χ0v) is 6.99. The topological polar surface area (TPSA) is 12.9 Å². The highest BCUT2D eigenvalue weighted by molar-refractivity contribution is 8.00. The van der Waals surface area contributed by atoms with Gasteiger partial charge in [-0.1, -0.05) is 12.2 Å². The molecular weight excluding hydrogens is 162 g/mol. The predicted octanol–water partition coefficient (Wildman–Crippen LogP) is 2.17. The minimum atomic E-state index is 0.888. The first-order chi connectivity index (χ1) is 4.93. The summed E-state index contributed by atoms with van der Waals surface area (Å²) in [5.41, 5.74) is 0. The van der Waals surface area contributed by atoms with E-state index in [4.69, 9.17) is 0 Å². The molecule has 1 nitrogen and oxygen atoms in total. The maximum absolute atomic E-state index is 4.69. The zero-order valence-electron chi connectivity index (χ0n) is 5.36. The molecule has 1 aromatic rings. The van der Waals surface area contributed by atoms with E-state index in [0.29, 0.717) is 0 Å². The first kappa shape index (κ1) is 7.69. The Labute approximate surface area is 69.9 Å². The van der Waals surface area contributed by atoms with Gasteiger partial charge in [0.25, 0.3) is 0 Å². The number of hydrogen-bond donors (Lipinski definition) is 0. The smallest absolute Gasteiger partial charge is 0.0278 e. The van der Waals surface area contributed by atoms with Gasteiger partial charge in [-0.05, 0) is 17.5 Å². The molecule has 0 atom stereocenters. The van der Waals surface area contributed by atoms with Crippen molar-refractivity contribution in [3.05, 3.63) is 24.5 Å². The van der Waals surface area contributed by atoms with Crippen LogP contribution in [0.1, 0.15) is 0 Å². The molecule has 1 heterocycles. The summed E-state index contributed by atoms with van der Waals surface area (Å²) < 4.78 is 0. The first-order valence-corrected chi connectivity index (χ1v) is 4.35. The normalized spacial score (nSPS) is 9.20. The molecule has 0 bridgehead atoms. The van der Waals surface area contributed by atoms with E-state index in [2.05, 4.69) is 17.2 Å². The van der Waals surface area contributed by atoms with Crippen LogP contribution >= 0.6 is 24.0 Å². The lowest BCUT2D eigenvalue weighted by Crippen LogP contribution is -1.76. The van der Waals surface area contributed by atoms with Crippen molar-refractivity contribution >= 4 is 29.3 Å². The van der Waals surface area contributed by atoms with Crippen LogP contribution in [0.15, 0.2) is 29.4 Å². The molecule has 0 aliphatic heterocycles. The van der Waals surface area contributed by atoms with Crippen LogP contribution in [-0.2, 0) is 0 Å². The maximum atomic E-state index is 4.69. The van der Waals surface area contributed by atoms with Crippen LogP contribution in [0.3, 0.4) is 0 Å². The molecular formula is C7H7NS2. The molecule has 1 rings (SSSR count). The Kier molecular flexibility index (Phi) is 3.40. The molecule has 10 heavy (non-hydrogen) atoms. The quantitative estimate of drug-likeness (QED) is 0.508. The third-order valence-corrected chi connectivity index (χ3v) is 2.28. The van der Waals surface area contributed by atoms with Crippen molar-refractivity contribution in [3.8, 4) is 0 Å². The lowest BCUT2D eigenvalue weighted by atomic mass is 10.5. The number of aromatic nitrogens is 1. The number of pyridine rings is 1. The Morgan fingerprint density at radius 2 is 2.20 bits per heavy atom. The van der Waals surface area contributed by atoms with Gasteiger partial charge in [0.1, 0.15) is 0 Å². The van der Waals surface area contributed by atoms with E-state index >= 15 is 0 Å². The van der Waals surface area contributed by atoms with Crippen molar-refractivity contribution in [1.29, 1.82) is 0 Å². The second kappa shape index (κ2) is 4.41. The van der Waals surface area contributed by atoms with Crippen LogP contribution < -0.4 is 0 Å². The van der Waals surface area contributed by atoms with Crippen LogP contribution in [-0.4, -0.2) is 16.1 Å². The average Bonchev–Trinajstić information content (AvgIpc) is 2.03. The molecule has 0 spiro atoms. The lowest BCUT2D eigenvalue weighted by molar-refractivity contribution is 1.26. The second-order valence-corrected chi connectivity index (χ2v) is 3.09. The number of hydrogen-bond acceptors (Lipinski definition) is 3. The number of rotatable bonds is 3. The number of thioether (sulfide) groups is 1. The molecule has 0 unspecified atom stereocenters. The van der Waals surface area contributed by atoms with Crippen molar-refractivity contribution in [2.24, 2.45) is 0 Å². The summed E-state index contributed by atoms with van der Waals surface area (Å²) in [7, 11) is 0. The Balaban J connectivity index is 2.50. The van der Waals surface area contributed by atoms with E-state index < -0.39 is 0 Å². The fourth-order valence-electron chi connectivity index (χ4n) is 0.565. The maximum Gasteiger partial charge on any atom is 0.0278 e. The van der Waals surface area contributed by atoms with Crippen LogP contribution in [0.5, 0.6) is 0 Å². The van der Waals surface area contributed by atoms with Crippen LogP contribution in [0.2, 0.25) is 0 Å². The molecule has 0 aliphatic carbocycles. The summed E-state index contributed by atoms with van der Waals surface area (Å²) in [6, 6.07) is 3.95. The minimum absolute atomic E-state index is 0.888. The Bertz CT molecular complexity index is 198. The average molecular weight is 169 g/mol. The molecule has 0 aliphatic rings. The van der Waals surface area contributed by atoms with Gasteiger partial charge in [0.15, 0.2) is 0 Å². The van der Waals surface area contributed by atoms with Crippen LogP contribution in [0.25, 0.3) is 0 Å². The molecule has 0 aromatic carbocycles. The third-order valence-electron chi connectivity index (χ3n) is 0.968. The van der Waals surface area contributed by atoms with Crippen molar-refractivity contribution in [2.45, 2.75) is 4.90 Å². The standard InChI is InChI=1S/C7H7NS2/c9-5-6-10-7-1-3-8-4-2-7/h1-5H,6H2. The highest BCUT2D eigenvalue weighted by atomic mass is 32.2. The molecule has 0 N–H and O–H groups in total. The molecule has 1 aromatic heterocycles. The fraction of sp³-hybridized carbons (Fsp3) is 0.143. The SMILES string of the molecule is S=CCSc1ccncc1. The van der Waals surface area contributed by atoms with Crippen LogP contribution in [0, 0.1) is 0 Å². The lowest BCUT2D eigenvalue weighted by Gasteiger charge is -1.93. The predicted molar refractivity (Wildman–Crippen MR) is 48.6 cm³/mol. The van der Waals surface area contributed by atoms with E-state index in [0.717, 1.165) is 5.75 Å². The van der Waals surface area contributed by atoms with Crippen molar-refractivity contribution in [1.82, 2.24) is 4.98 Å². The highest BCUT2D eigenvalue weighted by Gasteiger charge is 1.87. The molecule has 0 amide bonds. The molecule has 0 saturated carbocycles. The van der Waals surface area contributed by atoms with Gasteiger partial charge in [0, 0.05) is 23.0 Å². The van der Waals surface area contributed by atoms with Gasteiger partial charge >= 0.3 is 0 Å². The van der Waals surface area contributed by atoms with Crippen LogP contribution in [0.4, 0.5) is 0 Å². The van der Waals surface area contributed by atoms with E-state index in [9.17, 15) is 0 Å². The van der Waals surface area contributed by atoms with Gasteiger partial charge in [-0.2, -0.15) is 0 Å². The Morgan fingerprint density at radius 3 is 2.80 bits per heavy atom. The van der Waals surface area contributed by atoms with Gasteiger partial charge < -0.3 is 0 Å². The molecule has 3 heteroatoms. The number of thiocarbonyl (C=S) groups is 1. The zero-order chi connectivity index (χ0) is 7.23. The molecule has 0 fully saturated rings. The van der Waals surface area contributed by atoms with Gasteiger partial charge in [0.05, 0.1) is 0 Å². The molecule has 52 valence electrons.